The van der Waals surface area contributed by atoms with E-state index < -0.39 is 23.8 Å². The van der Waals surface area contributed by atoms with E-state index in [2.05, 4.69) is 5.32 Å². The van der Waals surface area contributed by atoms with Crippen molar-refractivity contribution in [3.05, 3.63) is 35.9 Å². The van der Waals surface area contributed by atoms with Crippen molar-refractivity contribution in [3.63, 3.8) is 0 Å². The van der Waals surface area contributed by atoms with E-state index in [0.717, 1.165) is 5.56 Å². The van der Waals surface area contributed by atoms with Gasteiger partial charge in [0.25, 0.3) is 0 Å². The lowest BCUT2D eigenvalue weighted by molar-refractivity contribution is 0.0499. The molecular formula is C21H31N3O4. The molecule has 0 bridgehead atoms. The van der Waals surface area contributed by atoms with Gasteiger partial charge < -0.3 is 19.5 Å². The third-order valence-corrected chi connectivity index (χ3v) is 4.24. The summed E-state index contributed by atoms with van der Waals surface area (Å²) in [5, 5.41) is 2.93. The Labute approximate surface area is 167 Å². The first kappa shape index (κ1) is 21.7. The Bertz CT molecular complexity index is 723. The third kappa shape index (κ3) is 5.47. The van der Waals surface area contributed by atoms with Gasteiger partial charge in [-0.3, -0.25) is 0 Å². The molecule has 1 aromatic rings. The third-order valence-electron chi connectivity index (χ3n) is 4.24. The Morgan fingerprint density at radius 1 is 1.00 bits per heavy atom. The van der Waals surface area contributed by atoms with Crippen molar-refractivity contribution in [1.29, 1.82) is 0 Å². The molecule has 1 aliphatic rings. The number of hydrogen-bond donors (Lipinski definition) is 1. The van der Waals surface area contributed by atoms with Crippen molar-refractivity contribution in [3.8, 4) is 0 Å². The number of methoxy groups -OCH3 is 2. The highest BCUT2D eigenvalue weighted by molar-refractivity contribution is 5.95. The molecular weight excluding hydrogens is 358 g/mol. The largest absolute Gasteiger partial charge is 0.483 e. The molecule has 3 atom stereocenters. The topological polar surface area (TPSA) is 81.5 Å². The summed E-state index contributed by atoms with van der Waals surface area (Å²) in [5.74, 6) is 1.16. The Hall–Kier alpha value is -2.57. The maximum atomic E-state index is 12.5. The predicted octanol–water partition coefficient (Wildman–Crippen LogP) is 3.75. The van der Waals surface area contributed by atoms with Gasteiger partial charge in [-0.25, -0.2) is 14.8 Å². The number of ether oxygens (including phenoxy) is 3. The molecule has 7 heteroatoms. The number of hydrogen-bond acceptors (Lipinski definition) is 6. The molecule has 0 radical (unpaired) electrons. The van der Waals surface area contributed by atoms with Gasteiger partial charge >= 0.3 is 6.09 Å². The van der Waals surface area contributed by atoms with Gasteiger partial charge in [0, 0.05) is 0 Å². The second-order valence-electron chi connectivity index (χ2n) is 8.01. The molecule has 2 rings (SSSR count). The monoisotopic (exact) mass is 389 g/mol. The molecule has 0 aromatic heterocycles. The lowest BCUT2D eigenvalue weighted by Gasteiger charge is -2.32. The van der Waals surface area contributed by atoms with E-state index in [4.69, 9.17) is 24.2 Å². The summed E-state index contributed by atoms with van der Waals surface area (Å²) in [5.41, 5.74) is 0.255. The van der Waals surface area contributed by atoms with Gasteiger partial charge in [-0.15, -0.1) is 0 Å². The molecule has 0 fully saturated rings. The second kappa shape index (κ2) is 9.08. The number of benzene rings is 1. The van der Waals surface area contributed by atoms with Crippen molar-refractivity contribution in [2.45, 2.75) is 58.3 Å². The number of nitrogens with one attached hydrogen (secondary N) is 1. The van der Waals surface area contributed by atoms with Crippen LogP contribution in [-0.4, -0.2) is 49.8 Å². The van der Waals surface area contributed by atoms with Crippen molar-refractivity contribution in [2.75, 3.05) is 14.2 Å². The molecule has 0 unspecified atom stereocenters. The zero-order valence-corrected chi connectivity index (χ0v) is 17.7. The number of aliphatic imine (C=N–C) groups is 2. The smallest absolute Gasteiger partial charge is 0.408 e. The average Bonchev–Trinajstić information content (AvgIpc) is 2.64. The number of alkyl carbamates (subject to hydrolysis) is 1. The van der Waals surface area contributed by atoms with Gasteiger partial charge in [0.15, 0.2) is 6.04 Å². The highest BCUT2D eigenvalue weighted by Crippen LogP contribution is 2.27. The zero-order chi connectivity index (χ0) is 20.9. The SMILES string of the molecule is COC1=N[C@H](C(C)C)C(OC)=N[C@H]1[C@@H](NC(=O)OC(C)(C)C)c1ccccc1. The van der Waals surface area contributed by atoms with Crippen LogP contribution < -0.4 is 5.32 Å². The highest BCUT2D eigenvalue weighted by Gasteiger charge is 2.37. The number of amides is 1. The van der Waals surface area contributed by atoms with E-state index >= 15 is 0 Å². The Morgan fingerprint density at radius 2 is 1.54 bits per heavy atom. The van der Waals surface area contributed by atoms with Crippen LogP contribution in [0.1, 0.15) is 46.2 Å². The van der Waals surface area contributed by atoms with Crippen molar-refractivity contribution < 1.29 is 19.0 Å². The minimum atomic E-state index is -0.611. The number of carbonyl (C=O) groups excluding carboxylic acids is 1. The van der Waals surface area contributed by atoms with E-state index in [1.165, 1.54) is 0 Å². The summed E-state index contributed by atoms with van der Waals surface area (Å²) in [6.45, 7) is 9.55. The molecule has 0 aliphatic carbocycles. The minimum absolute atomic E-state index is 0.193. The second-order valence-corrected chi connectivity index (χ2v) is 8.01. The molecule has 1 aromatic carbocycles. The standard InChI is InChI=1S/C21H31N3O4/c1-13(2)15-18(26-6)23-17(19(22-15)27-7)16(14-11-9-8-10-12-14)24-20(25)28-21(3,4)5/h8-13,15-17H,1-7H3,(H,24,25)/t15-,16+,17+/m1/s1. The van der Waals surface area contributed by atoms with Crippen LogP contribution >= 0.6 is 0 Å². The molecule has 1 N–H and O–H groups in total. The minimum Gasteiger partial charge on any atom is -0.483 e. The molecule has 0 saturated heterocycles. The average molecular weight is 389 g/mol. The lowest BCUT2D eigenvalue weighted by atomic mass is 9.96. The van der Waals surface area contributed by atoms with Gasteiger partial charge in [-0.05, 0) is 32.3 Å². The van der Waals surface area contributed by atoms with Crippen LogP contribution in [-0.2, 0) is 14.2 Å². The number of carbonyl (C=O) groups is 1. The van der Waals surface area contributed by atoms with Gasteiger partial charge in [0.05, 0.1) is 20.3 Å². The van der Waals surface area contributed by atoms with Crippen LogP contribution in [0.2, 0.25) is 0 Å². The quantitative estimate of drug-likeness (QED) is 0.850. The van der Waals surface area contributed by atoms with E-state index in [-0.39, 0.29) is 12.0 Å². The fourth-order valence-corrected chi connectivity index (χ4v) is 2.98. The Kier molecular flexibility index (Phi) is 7.05. The first-order valence-electron chi connectivity index (χ1n) is 9.44. The summed E-state index contributed by atoms with van der Waals surface area (Å²) >= 11 is 0. The van der Waals surface area contributed by atoms with E-state index in [9.17, 15) is 4.79 Å². The first-order chi connectivity index (χ1) is 13.2. The summed E-state index contributed by atoms with van der Waals surface area (Å²) in [6.07, 6.45) is -0.531. The van der Waals surface area contributed by atoms with E-state index in [0.29, 0.717) is 11.8 Å². The zero-order valence-electron chi connectivity index (χ0n) is 17.7. The summed E-state index contributed by atoms with van der Waals surface area (Å²) in [6, 6.07) is 8.26. The Morgan fingerprint density at radius 3 is 2.04 bits per heavy atom. The van der Waals surface area contributed by atoms with Crippen LogP contribution in [0, 0.1) is 5.92 Å². The predicted molar refractivity (Wildman–Crippen MR) is 110 cm³/mol. The molecule has 0 saturated carbocycles. The summed E-state index contributed by atoms with van der Waals surface area (Å²) in [7, 11) is 3.14. The molecule has 0 spiro atoms. The van der Waals surface area contributed by atoms with Gasteiger partial charge in [-0.1, -0.05) is 44.2 Å². The molecule has 28 heavy (non-hydrogen) atoms. The van der Waals surface area contributed by atoms with Gasteiger partial charge in [0.1, 0.15) is 11.6 Å². The molecule has 154 valence electrons. The van der Waals surface area contributed by atoms with E-state index in [1.54, 1.807) is 14.2 Å². The fourth-order valence-electron chi connectivity index (χ4n) is 2.98. The van der Waals surface area contributed by atoms with Crippen LogP contribution in [0.15, 0.2) is 40.3 Å². The van der Waals surface area contributed by atoms with Crippen LogP contribution in [0.4, 0.5) is 4.79 Å². The maximum absolute atomic E-state index is 12.5. The molecule has 7 nitrogen and oxygen atoms in total. The maximum Gasteiger partial charge on any atom is 0.408 e. The molecule has 1 heterocycles. The van der Waals surface area contributed by atoms with Crippen LogP contribution in [0.3, 0.4) is 0 Å². The molecule has 1 amide bonds. The van der Waals surface area contributed by atoms with Crippen LogP contribution in [0.5, 0.6) is 0 Å². The van der Waals surface area contributed by atoms with E-state index in [1.807, 2.05) is 65.0 Å². The Balaban J connectivity index is 2.42. The van der Waals surface area contributed by atoms with Crippen molar-refractivity contribution >= 4 is 17.9 Å². The number of nitrogens with zero attached hydrogens (tertiary/aromatic N) is 2. The van der Waals surface area contributed by atoms with Crippen molar-refractivity contribution in [1.82, 2.24) is 5.32 Å². The summed E-state index contributed by atoms with van der Waals surface area (Å²) in [4.78, 5) is 22.0. The van der Waals surface area contributed by atoms with Gasteiger partial charge in [-0.2, -0.15) is 0 Å². The lowest BCUT2D eigenvalue weighted by Crippen LogP contribution is -2.46. The van der Waals surface area contributed by atoms with Crippen LogP contribution in [0.25, 0.3) is 0 Å². The van der Waals surface area contributed by atoms with Crippen molar-refractivity contribution in [2.24, 2.45) is 15.9 Å². The highest BCUT2D eigenvalue weighted by atomic mass is 16.6. The first-order valence-corrected chi connectivity index (χ1v) is 9.44. The molecule has 1 aliphatic heterocycles. The fraction of sp³-hybridized carbons (Fsp3) is 0.571. The van der Waals surface area contributed by atoms with Gasteiger partial charge in [0.2, 0.25) is 11.8 Å². The normalized spacial score (nSPS) is 20.7. The number of rotatable bonds is 4. The summed E-state index contributed by atoms with van der Waals surface area (Å²) < 4.78 is 16.5.